The number of carbonyl (C=O) groups is 1. The van der Waals surface area contributed by atoms with Gasteiger partial charge in [-0.1, -0.05) is 6.42 Å². The van der Waals surface area contributed by atoms with E-state index in [-0.39, 0.29) is 28.7 Å². The smallest absolute Gasteiger partial charge is 0.311 e. The van der Waals surface area contributed by atoms with Gasteiger partial charge >= 0.3 is 5.97 Å². The molecular weight excluding hydrogens is 338 g/mol. The van der Waals surface area contributed by atoms with Crippen molar-refractivity contribution in [2.75, 3.05) is 18.0 Å². The molecule has 10 heteroatoms. The van der Waals surface area contributed by atoms with Gasteiger partial charge in [-0.2, -0.15) is 0 Å². The van der Waals surface area contributed by atoms with E-state index in [0.717, 1.165) is 18.9 Å². The van der Waals surface area contributed by atoms with Crippen LogP contribution in [-0.2, 0) is 14.8 Å². The first-order valence-corrected chi connectivity index (χ1v) is 8.99. The molecule has 1 aromatic rings. The minimum absolute atomic E-state index is 0.0625. The number of fused-ring (bicyclic) bond motifs is 1. The molecule has 0 bridgehead atoms. The number of benzene rings is 1. The molecule has 9 nitrogen and oxygen atoms in total. The molecule has 0 radical (unpaired) electrons. The molecular formula is C14H17N3O6S. The van der Waals surface area contributed by atoms with Crippen LogP contribution in [0.25, 0.3) is 0 Å². The van der Waals surface area contributed by atoms with Crippen LogP contribution in [0.15, 0.2) is 23.1 Å². The van der Waals surface area contributed by atoms with Crippen LogP contribution in [-0.4, -0.2) is 37.5 Å². The number of nitro groups is 1. The molecule has 3 N–H and O–H groups in total. The number of carboxylic acid groups (broad SMARTS) is 1. The van der Waals surface area contributed by atoms with E-state index < -0.39 is 26.3 Å². The highest BCUT2D eigenvalue weighted by Gasteiger charge is 2.55. The van der Waals surface area contributed by atoms with Crippen LogP contribution < -0.4 is 10.0 Å². The lowest BCUT2D eigenvalue weighted by atomic mass is 9.81. The number of carboxylic acids is 1. The largest absolute Gasteiger partial charge is 0.481 e. The van der Waals surface area contributed by atoms with E-state index in [2.05, 4.69) is 0 Å². The maximum absolute atomic E-state index is 11.7. The van der Waals surface area contributed by atoms with Crippen LogP contribution in [0.3, 0.4) is 0 Å². The summed E-state index contributed by atoms with van der Waals surface area (Å²) in [6, 6.07) is 3.46. The molecule has 2 aliphatic rings. The van der Waals surface area contributed by atoms with Gasteiger partial charge in [0.25, 0.3) is 5.69 Å². The lowest BCUT2D eigenvalue weighted by molar-refractivity contribution is -0.384. The predicted molar refractivity (Wildman–Crippen MR) is 84.1 cm³/mol. The highest BCUT2D eigenvalue weighted by molar-refractivity contribution is 7.89. The van der Waals surface area contributed by atoms with Gasteiger partial charge in [0.2, 0.25) is 10.0 Å². The number of primary sulfonamides is 1. The van der Waals surface area contributed by atoms with Crippen molar-refractivity contribution < 1.29 is 23.2 Å². The molecule has 1 aliphatic carbocycles. The quantitative estimate of drug-likeness (QED) is 0.604. The Labute approximate surface area is 138 Å². The van der Waals surface area contributed by atoms with Crippen LogP contribution >= 0.6 is 0 Å². The SMILES string of the molecule is NS(=O)(=O)c1ccc(N2C[C@@H]3CCC[C@@]3(C(=O)O)C2)c([N+](=O)[O-])c1. The number of nitro benzene ring substituents is 1. The molecule has 3 rings (SSSR count). The normalized spacial score (nSPS) is 26.4. The van der Waals surface area contributed by atoms with Gasteiger partial charge in [-0.3, -0.25) is 14.9 Å². The van der Waals surface area contributed by atoms with Gasteiger partial charge in [-0.15, -0.1) is 0 Å². The molecule has 1 saturated heterocycles. The Kier molecular flexibility index (Phi) is 3.76. The number of anilines is 1. The number of nitrogens with zero attached hydrogens (tertiary/aromatic N) is 2. The van der Waals surface area contributed by atoms with Gasteiger partial charge in [0.15, 0.2) is 0 Å². The number of hydrogen-bond acceptors (Lipinski definition) is 6. The van der Waals surface area contributed by atoms with Gasteiger partial charge < -0.3 is 10.0 Å². The van der Waals surface area contributed by atoms with Gasteiger partial charge in [-0.25, -0.2) is 13.6 Å². The summed E-state index contributed by atoms with van der Waals surface area (Å²) in [6.45, 7) is 0.588. The average molecular weight is 355 g/mol. The third kappa shape index (κ3) is 2.51. The van der Waals surface area contributed by atoms with E-state index in [9.17, 15) is 28.4 Å². The molecule has 0 aromatic heterocycles. The molecule has 1 heterocycles. The Morgan fingerprint density at radius 1 is 1.46 bits per heavy atom. The first kappa shape index (κ1) is 16.7. The molecule has 0 amide bonds. The lowest BCUT2D eigenvalue weighted by Gasteiger charge is -2.24. The number of hydrogen-bond donors (Lipinski definition) is 2. The van der Waals surface area contributed by atoms with Crippen LogP contribution in [0.5, 0.6) is 0 Å². The molecule has 0 unspecified atom stereocenters. The summed E-state index contributed by atoms with van der Waals surface area (Å²) in [5.41, 5.74) is -1.04. The molecule has 2 atom stereocenters. The third-order valence-corrected chi connectivity index (χ3v) is 6.02. The van der Waals surface area contributed by atoms with Gasteiger partial charge in [0, 0.05) is 19.2 Å². The summed E-state index contributed by atoms with van der Waals surface area (Å²) in [5, 5.41) is 26.0. The van der Waals surface area contributed by atoms with Crippen LogP contribution in [0.2, 0.25) is 0 Å². The van der Waals surface area contributed by atoms with Crippen molar-refractivity contribution >= 4 is 27.4 Å². The van der Waals surface area contributed by atoms with E-state index >= 15 is 0 Å². The van der Waals surface area contributed by atoms with Crippen molar-refractivity contribution in [1.29, 1.82) is 0 Å². The second-order valence-electron chi connectivity index (χ2n) is 6.38. The van der Waals surface area contributed by atoms with E-state index in [1.54, 1.807) is 4.90 Å². The fourth-order valence-electron chi connectivity index (χ4n) is 3.92. The highest BCUT2D eigenvalue weighted by Crippen LogP contribution is 2.50. The number of rotatable bonds is 4. The summed E-state index contributed by atoms with van der Waals surface area (Å²) in [5.74, 6) is -0.941. The van der Waals surface area contributed by atoms with E-state index in [1.807, 2.05) is 0 Å². The Bertz CT molecular complexity index is 824. The molecule has 2 fully saturated rings. The van der Waals surface area contributed by atoms with E-state index in [0.29, 0.717) is 13.0 Å². The Hall–Kier alpha value is -2.20. The fraction of sp³-hybridized carbons (Fsp3) is 0.500. The Morgan fingerprint density at radius 3 is 2.71 bits per heavy atom. The zero-order valence-electron chi connectivity index (χ0n) is 12.7. The summed E-state index contributed by atoms with van der Waals surface area (Å²) < 4.78 is 22.8. The predicted octanol–water partition coefficient (Wildman–Crippen LogP) is 0.933. The maximum atomic E-state index is 11.7. The number of nitrogens with two attached hydrogens (primary N) is 1. The van der Waals surface area contributed by atoms with E-state index in [4.69, 9.17) is 5.14 Å². The lowest BCUT2D eigenvalue weighted by Crippen LogP contribution is -2.35. The summed E-state index contributed by atoms with van der Waals surface area (Å²) in [6.07, 6.45) is 2.15. The minimum Gasteiger partial charge on any atom is -0.481 e. The van der Waals surface area contributed by atoms with Gasteiger partial charge in [0.05, 0.1) is 15.2 Å². The highest BCUT2D eigenvalue weighted by atomic mass is 32.2. The molecule has 130 valence electrons. The summed E-state index contributed by atoms with van der Waals surface area (Å²) in [7, 11) is -4.06. The van der Waals surface area contributed by atoms with Crippen LogP contribution in [0.1, 0.15) is 19.3 Å². The van der Waals surface area contributed by atoms with Crippen LogP contribution in [0, 0.1) is 21.4 Å². The summed E-state index contributed by atoms with van der Waals surface area (Å²) in [4.78, 5) is 23.7. The molecule has 24 heavy (non-hydrogen) atoms. The zero-order valence-corrected chi connectivity index (χ0v) is 13.5. The number of aliphatic carboxylic acids is 1. The second kappa shape index (κ2) is 5.42. The maximum Gasteiger partial charge on any atom is 0.311 e. The van der Waals surface area contributed by atoms with Crippen molar-refractivity contribution in [3.8, 4) is 0 Å². The van der Waals surface area contributed by atoms with Crippen LogP contribution in [0.4, 0.5) is 11.4 Å². The fourth-order valence-corrected chi connectivity index (χ4v) is 4.45. The molecule has 1 saturated carbocycles. The molecule has 1 aromatic carbocycles. The third-order valence-electron chi connectivity index (χ3n) is 5.11. The Morgan fingerprint density at radius 2 is 2.17 bits per heavy atom. The first-order valence-electron chi connectivity index (χ1n) is 7.45. The van der Waals surface area contributed by atoms with Gasteiger partial charge in [0.1, 0.15) is 5.69 Å². The average Bonchev–Trinajstić information content (AvgIpc) is 3.03. The molecule has 1 aliphatic heterocycles. The standard InChI is InChI=1S/C14H17N3O6S/c15-24(22,23)10-3-4-11(12(6-10)17(20)21)16-7-9-2-1-5-14(9,8-16)13(18)19/h3-4,6,9H,1-2,5,7-8H2,(H,18,19)(H2,15,22,23)/t9-,14+/m0/s1. The van der Waals surface area contributed by atoms with E-state index in [1.165, 1.54) is 12.1 Å². The molecule has 0 spiro atoms. The summed E-state index contributed by atoms with van der Waals surface area (Å²) >= 11 is 0. The van der Waals surface area contributed by atoms with Crippen molar-refractivity contribution in [3.63, 3.8) is 0 Å². The van der Waals surface area contributed by atoms with Crippen molar-refractivity contribution in [3.05, 3.63) is 28.3 Å². The monoisotopic (exact) mass is 355 g/mol. The Balaban J connectivity index is 2.02. The van der Waals surface area contributed by atoms with Gasteiger partial charge in [-0.05, 0) is 30.9 Å². The minimum atomic E-state index is -4.06. The number of sulfonamides is 1. The van der Waals surface area contributed by atoms with Crippen molar-refractivity contribution in [1.82, 2.24) is 0 Å². The topological polar surface area (TPSA) is 144 Å². The van der Waals surface area contributed by atoms with Crippen molar-refractivity contribution in [2.24, 2.45) is 16.5 Å². The first-order chi connectivity index (χ1) is 11.1. The second-order valence-corrected chi connectivity index (χ2v) is 7.95. The zero-order chi connectivity index (χ0) is 17.7. The van der Waals surface area contributed by atoms with Crippen molar-refractivity contribution in [2.45, 2.75) is 24.2 Å².